The van der Waals surface area contributed by atoms with Crippen LogP contribution in [0.4, 0.5) is 11.4 Å². The maximum atomic E-state index is 11.7. The molecule has 0 aliphatic heterocycles. The summed E-state index contributed by atoms with van der Waals surface area (Å²) in [6.45, 7) is 0. The maximum absolute atomic E-state index is 11.7. The molecular formula is C14H11N3O4. The summed E-state index contributed by atoms with van der Waals surface area (Å²) < 4.78 is 0. The molecule has 0 atom stereocenters. The van der Waals surface area contributed by atoms with E-state index in [4.69, 9.17) is 5.11 Å². The van der Waals surface area contributed by atoms with Crippen molar-refractivity contribution in [2.24, 2.45) is 0 Å². The lowest BCUT2D eigenvalue weighted by molar-refractivity contribution is -0.133. The Bertz CT molecular complexity index is 668. The van der Waals surface area contributed by atoms with Crippen LogP contribution >= 0.6 is 0 Å². The van der Waals surface area contributed by atoms with Gasteiger partial charge in [0.05, 0.1) is 17.4 Å². The van der Waals surface area contributed by atoms with Crippen molar-refractivity contribution in [3.05, 3.63) is 54.4 Å². The molecule has 1 heterocycles. The van der Waals surface area contributed by atoms with Gasteiger partial charge in [-0.05, 0) is 36.4 Å². The highest BCUT2D eigenvalue weighted by atomic mass is 16.4. The molecule has 0 saturated heterocycles. The molecule has 3 N–H and O–H groups in total. The highest BCUT2D eigenvalue weighted by Gasteiger charge is 2.14. The molecule has 2 rings (SSSR count). The third kappa shape index (κ3) is 3.87. The zero-order chi connectivity index (χ0) is 15.2. The first-order valence-electron chi connectivity index (χ1n) is 5.92. The number of hydrogen-bond acceptors (Lipinski definition) is 4. The minimum Gasteiger partial charge on any atom is -0.478 e. The van der Waals surface area contributed by atoms with E-state index < -0.39 is 17.8 Å². The summed E-state index contributed by atoms with van der Waals surface area (Å²) >= 11 is 0. The first-order valence-corrected chi connectivity index (χ1v) is 5.92. The third-order valence-corrected chi connectivity index (χ3v) is 2.52. The molecule has 7 heteroatoms. The molecule has 0 unspecified atom stereocenters. The van der Waals surface area contributed by atoms with Gasteiger partial charge in [-0.2, -0.15) is 0 Å². The molecule has 2 amide bonds. The molecule has 0 spiro atoms. The zero-order valence-corrected chi connectivity index (χ0v) is 10.7. The number of carbonyl (C=O) groups is 3. The number of carbonyl (C=O) groups excluding carboxylic acids is 2. The van der Waals surface area contributed by atoms with Gasteiger partial charge in [-0.1, -0.05) is 0 Å². The number of aromatic carboxylic acids is 1. The van der Waals surface area contributed by atoms with E-state index in [1.54, 1.807) is 18.3 Å². The number of hydrogen-bond donors (Lipinski definition) is 3. The molecule has 0 aliphatic carbocycles. The second-order valence-corrected chi connectivity index (χ2v) is 4.03. The molecule has 0 bridgehead atoms. The van der Waals surface area contributed by atoms with Crippen molar-refractivity contribution >= 4 is 29.2 Å². The molecule has 0 fully saturated rings. The lowest BCUT2D eigenvalue weighted by Crippen LogP contribution is -2.29. The summed E-state index contributed by atoms with van der Waals surface area (Å²) in [5.74, 6) is -2.77. The Morgan fingerprint density at radius 2 is 1.52 bits per heavy atom. The number of benzene rings is 1. The summed E-state index contributed by atoms with van der Waals surface area (Å²) in [5, 5.41) is 13.5. The lowest BCUT2D eigenvalue weighted by atomic mass is 10.2. The van der Waals surface area contributed by atoms with Crippen LogP contribution < -0.4 is 10.6 Å². The van der Waals surface area contributed by atoms with E-state index in [0.29, 0.717) is 11.4 Å². The van der Waals surface area contributed by atoms with Crippen molar-refractivity contribution in [1.29, 1.82) is 0 Å². The van der Waals surface area contributed by atoms with Gasteiger partial charge in [-0.15, -0.1) is 0 Å². The molecule has 21 heavy (non-hydrogen) atoms. The molecule has 0 radical (unpaired) electrons. The van der Waals surface area contributed by atoms with E-state index in [-0.39, 0.29) is 5.56 Å². The smallest absolute Gasteiger partial charge is 0.335 e. The summed E-state index contributed by atoms with van der Waals surface area (Å²) in [5.41, 5.74) is 0.818. The third-order valence-electron chi connectivity index (χ3n) is 2.52. The number of amides is 2. The van der Waals surface area contributed by atoms with Crippen LogP contribution in [0.5, 0.6) is 0 Å². The molecule has 0 aliphatic rings. The molecule has 106 valence electrons. The average molecular weight is 285 g/mol. The zero-order valence-electron chi connectivity index (χ0n) is 10.7. The Labute approximate surface area is 119 Å². The van der Waals surface area contributed by atoms with E-state index in [9.17, 15) is 14.4 Å². The van der Waals surface area contributed by atoms with Crippen LogP contribution in [-0.4, -0.2) is 27.9 Å². The van der Waals surface area contributed by atoms with Crippen LogP contribution in [0.15, 0.2) is 48.8 Å². The van der Waals surface area contributed by atoms with Crippen LogP contribution in [-0.2, 0) is 9.59 Å². The highest BCUT2D eigenvalue weighted by molar-refractivity contribution is 6.43. The van der Waals surface area contributed by atoms with Crippen molar-refractivity contribution in [3.63, 3.8) is 0 Å². The van der Waals surface area contributed by atoms with Gasteiger partial charge in [0.25, 0.3) is 0 Å². The number of rotatable bonds is 3. The molecule has 0 saturated carbocycles. The van der Waals surface area contributed by atoms with E-state index >= 15 is 0 Å². The van der Waals surface area contributed by atoms with Gasteiger partial charge in [0.1, 0.15) is 0 Å². The Kier molecular flexibility index (Phi) is 4.25. The predicted molar refractivity (Wildman–Crippen MR) is 74.9 cm³/mol. The maximum Gasteiger partial charge on any atom is 0.335 e. The lowest BCUT2D eigenvalue weighted by Gasteiger charge is -2.06. The number of carboxylic acids is 1. The van der Waals surface area contributed by atoms with Crippen molar-refractivity contribution in [2.45, 2.75) is 0 Å². The van der Waals surface area contributed by atoms with Gasteiger partial charge >= 0.3 is 17.8 Å². The monoisotopic (exact) mass is 285 g/mol. The fourth-order valence-corrected chi connectivity index (χ4v) is 1.51. The predicted octanol–water partition coefficient (Wildman–Crippen LogP) is 1.36. The van der Waals surface area contributed by atoms with Crippen LogP contribution in [0.25, 0.3) is 0 Å². The number of pyridine rings is 1. The number of carboxylic acid groups (broad SMARTS) is 1. The number of nitrogens with zero attached hydrogens (tertiary/aromatic N) is 1. The number of aromatic nitrogens is 1. The van der Waals surface area contributed by atoms with E-state index in [2.05, 4.69) is 15.6 Å². The minimum absolute atomic E-state index is 0.0906. The topological polar surface area (TPSA) is 108 Å². The SMILES string of the molecule is O=C(Nc1ccc(C(=O)O)cc1)C(=O)Nc1cccnc1. The van der Waals surface area contributed by atoms with Crippen LogP contribution in [0.2, 0.25) is 0 Å². The van der Waals surface area contributed by atoms with Crippen LogP contribution in [0.1, 0.15) is 10.4 Å². The normalized spacial score (nSPS) is 9.71. The van der Waals surface area contributed by atoms with Gasteiger partial charge in [0.15, 0.2) is 0 Å². The molecule has 7 nitrogen and oxygen atoms in total. The van der Waals surface area contributed by atoms with E-state index in [1.165, 1.54) is 30.5 Å². The fraction of sp³-hybridized carbons (Fsp3) is 0. The van der Waals surface area contributed by atoms with E-state index in [0.717, 1.165) is 0 Å². The van der Waals surface area contributed by atoms with Crippen molar-refractivity contribution in [2.75, 3.05) is 10.6 Å². The van der Waals surface area contributed by atoms with Gasteiger partial charge in [0.2, 0.25) is 0 Å². The van der Waals surface area contributed by atoms with Crippen molar-refractivity contribution < 1.29 is 19.5 Å². The Morgan fingerprint density at radius 1 is 0.905 bits per heavy atom. The molecular weight excluding hydrogens is 274 g/mol. The van der Waals surface area contributed by atoms with Gasteiger partial charge < -0.3 is 15.7 Å². The second kappa shape index (κ2) is 6.29. The Balaban J connectivity index is 1.97. The second-order valence-electron chi connectivity index (χ2n) is 4.03. The first-order chi connectivity index (χ1) is 10.1. The quantitative estimate of drug-likeness (QED) is 0.738. The Hall–Kier alpha value is -3.22. The van der Waals surface area contributed by atoms with Crippen molar-refractivity contribution in [3.8, 4) is 0 Å². The fourth-order valence-electron chi connectivity index (χ4n) is 1.51. The minimum atomic E-state index is -1.07. The van der Waals surface area contributed by atoms with Gasteiger partial charge in [-0.25, -0.2) is 4.79 Å². The summed E-state index contributed by atoms with van der Waals surface area (Å²) in [6, 6.07) is 8.68. The Morgan fingerprint density at radius 3 is 2.05 bits per heavy atom. The molecule has 1 aromatic carbocycles. The highest BCUT2D eigenvalue weighted by Crippen LogP contribution is 2.10. The summed E-state index contributed by atoms with van der Waals surface area (Å²) in [4.78, 5) is 37.8. The molecule has 1 aromatic heterocycles. The first kappa shape index (κ1) is 14.2. The van der Waals surface area contributed by atoms with Gasteiger partial charge in [0, 0.05) is 11.9 Å². The van der Waals surface area contributed by atoms with Gasteiger partial charge in [-0.3, -0.25) is 14.6 Å². The van der Waals surface area contributed by atoms with Crippen molar-refractivity contribution in [1.82, 2.24) is 4.98 Å². The van der Waals surface area contributed by atoms with Crippen LogP contribution in [0, 0.1) is 0 Å². The average Bonchev–Trinajstić information content (AvgIpc) is 2.48. The summed E-state index contributed by atoms with van der Waals surface area (Å²) in [7, 11) is 0. The molecule has 2 aromatic rings. The van der Waals surface area contributed by atoms with E-state index in [1.807, 2.05) is 0 Å². The summed E-state index contributed by atoms with van der Waals surface area (Å²) in [6.07, 6.45) is 2.95. The number of nitrogens with one attached hydrogen (secondary N) is 2. The standard InChI is InChI=1S/C14H11N3O4/c18-12(13(19)17-11-2-1-7-15-8-11)16-10-5-3-9(4-6-10)14(20)21/h1-8H,(H,16,18)(H,17,19)(H,20,21). The number of anilines is 2. The largest absolute Gasteiger partial charge is 0.478 e. The van der Waals surface area contributed by atoms with Crippen LogP contribution in [0.3, 0.4) is 0 Å².